The van der Waals surface area contributed by atoms with E-state index in [1.54, 1.807) is 0 Å². The summed E-state index contributed by atoms with van der Waals surface area (Å²) >= 11 is 0. The minimum atomic E-state index is -0.417. The molecule has 2 heteroatoms. The number of rotatable bonds is 13. The zero-order valence-corrected chi connectivity index (χ0v) is 13.3. The number of hydrogen-bond acceptors (Lipinski definition) is 2. The summed E-state index contributed by atoms with van der Waals surface area (Å²) in [4.78, 5) is 11.5. The molecule has 1 atom stereocenters. The number of hydrogen-bond donors (Lipinski definition) is 1. The fourth-order valence-electron chi connectivity index (χ4n) is 2.26. The summed E-state index contributed by atoms with van der Waals surface area (Å²) < 4.78 is 0. The monoisotopic (exact) mass is 270 g/mol. The Morgan fingerprint density at radius 3 is 1.84 bits per heavy atom. The average molecular weight is 270 g/mol. The summed E-state index contributed by atoms with van der Waals surface area (Å²) in [5.41, 5.74) is 0. The Morgan fingerprint density at radius 2 is 1.37 bits per heavy atom. The van der Waals surface area contributed by atoms with Crippen molar-refractivity contribution >= 4 is 5.78 Å². The third kappa shape index (κ3) is 12.4. The van der Waals surface area contributed by atoms with Crippen molar-refractivity contribution in [3.63, 3.8) is 0 Å². The molecular weight excluding hydrogens is 236 g/mol. The Bertz CT molecular complexity index is 211. The minimum Gasteiger partial charge on any atom is -0.393 e. The highest BCUT2D eigenvalue weighted by Crippen LogP contribution is 2.13. The summed E-state index contributed by atoms with van der Waals surface area (Å²) in [6.45, 7) is 6.04. The Balaban J connectivity index is 3.27. The van der Waals surface area contributed by atoms with Gasteiger partial charge in [-0.2, -0.15) is 0 Å². The van der Waals surface area contributed by atoms with Crippen LogP contribution in [0.25, 0.3) is 0 Å². The SMILES string of the molecule is CCCCCCCCCCC[C@@H](O)CC(=O)C(C)C. The van der Waals surface area contributed by atoms with E-state index in [-0.39, 0.29) is 11.7 Å². The van der Waals surface area contributed by atoms with Gasteiger partial charge in [0.05, 0.1) is 6.10 Å². The Kier molecular flexibility index (Phi) is 12.4. The second-order valence-corrected chi connectivity index (χ2v) is 6.10. The largest absolute Gasteiger partial charge is 0.393 e. The van der Waals surface area contributed by atoms with Gasteiger partial charge in [-0.25, -0.2) is 0 Å². The van der Waals surface area contributed by atoms with Gasteiger partial charge in [0.25, 0.3) is 0 Å². The third-order valence-electron chi connectivity index (χ3n) is 3.72. The van der Waals surface area contributed by atoms with E-state index in [4.69, 9.17) is 0 Å². The molecular formula is C17H34O2. The van der Waals surface area contributed by atoms with Gasteiger partial charge in [0.1, 0.15) is 5.78 Å². The van der Waals surface area contributed by atoms with Crippen molar-refractivity contribution in [3.05, 3.63) is 0 Å². The molecule has 114 valence electrons. The highest BCUT2D eigenvalue weighted by molar-refractivity contribution is 5.80. The van der Waals surface area contributed by atoms with Gasteiger partial charge in [-0.1, -0.05) is 78.6 Å². The minimum absolute atomic E-state index is 0.0535. The average Bonchev–Trinajstić information content (AvgIpc) is 2.36. The van der Waals surface area contributed by atoms with Gasteiger partial charge in [-0.05, 0) is 6.42 Å². The van der Waals surface area contributed by atoms with E-state index < -0.39 is 6.10 Å². The standard InChI is InChI=1S/C17H34O2/c1-4-5-6-7-8-9-10-11-12-13-16(18)14-17(19)15(2)3/h15-16,18H,4-14H2,1-3H3/t16-/m1/s1. The molecule has 0 saturated carbocycles. The van der Waals surface area contributed by atoms with E-state index in [1.807, 2.05) is 13.8 Å². The molecule has 0 aliphatic heterocycles. The molecule has 0 amide bonds. The van der Waals surface area contributed by atoms with Crippen molar-refractivity contribution in [2.75, 3.05) is 0 Å². The molecule has 0 bridgehead atoms. The lowest BCUT2D eigenvalue weighted by molar-refractivity contribution is -0.123. The second kappa shape index (κ2) is 12.7. The van der Waals surface area contributed by atoms with Crippen LogP contribution in [0.15, 0.2) is 0 Å². The van der Waals surface area contributed by atoms with E-state index in [1.165, 1.54) is 51.4 Å². The molecule has 0 aliphatic rings. The van der Waals surface area contributed by atoms with Crippen LogP contribution in [0.4, 0.5) is 0 Å². The van der Waals surface area contributed by atoms with Crippen LogP contribution >= 0.6 is 0 Å². The van der Waals surface area contributed by atoms with Crippen LogP contribution in [0.2, 0.25) is 0 Å². The van der Waals surface area contributed by atoms with Crippen molar-refractivity contribution in [3.8, 4) is 0 Å². The first-order valence-electron chi connectivity index (χ1n) is 8.28. The van der Waals surface area contributed by atoms with Crippen LogP contribution in [0, 0.1) is 5.92 Å². The molecule has 2 nitrogen and oxygen atoms in total. The maximum absolute atomic E-state index is 11.5. The maximum Gasteiger partial charge on any atom is 0.137 e. The van der Waals surface area contributed by atoms with Gasteiger partial charge in [-0.15, -0.1) is 0 Å². The van der Waals surface area contributed by atoms with Gasteiger partial charge < -0.3 is 5.11 Å². The normalized spacial score (nSPS) is 12.9. The molecule has 1 N–H and O–H groups in total. The number of carbonyl (C=O) groups excluding carboxylic acids is 1. The second-order valence-electron chi connectivity index (χ2n) is 6.10. The zero-order valence-electron chi connectivity index (χ0n) is 13.3. The number of unbranched alkanes of at least 4 members (excludes halogenated alkanes) is 8. The van der Waals surface area contributed by atoms with Crippen molar-refractivity contribution in [2.24, 2.45) is 5.92 Å². The van der Waals surface area contributed by atoms with E-state index in [9.17, 15) is 9.90 Å². The van der Waals surface area contributed by atoms with Crippen molar-refractivity contribution in [2.45, 2.75) is 97.5 Å². The Hall–Kier alpha value is -0.370. The highest BCUT2D eigenvalue weighted by Gasteiger charge is 2.13. The Morgan fingerprint density at radius 1 is 0.895 bits per heavy atom. The van der Waals surface area contributed by atoms with E-state index in [0.717, 1.165) is 12.8 Å². The first-order valence-corrected chi connectivity index (χ1v) is 8.28. The number of aliphatic hydroxyl groups is 1. The summed E-state index contributed by atoms with van der Waals surface area (Å²) in [6, 6.07) is 0. The van der Waals surface area contributed by atoms with Gasteiger partial charge >= 0.3 is 0 Å². The molecule has 0 aliphatic carbocycles. The molecule has 0 unspecified atom stereocenters. The summed E-state index contributed by atoms with van der Waals surface area (Å²) in [7, 11) is 0. The number of Topliss-reactive ketones (excluding diaryl/α,β-unsaturated/α-hetero) is 1. The number of aliphatic hydroxyl groups excluding tert-OH is 1. The highest BCUT2D eigenvalue weighted by atomic mass is 16.3. The molecule has 0 aromatic heterocycles. The van der Waals surface area contributed by atoms with Gasteiger partial charge in [0.15, 0.2) is 0 Å². The fraction of sp³-hybridized carbons (Fsp3) is 0.941. The number of carbonyl (C=O) groups is 1. The summed E-state index contributed by atoms with van der Waals surface area (Å²) in [5, 5.41) is 9.75. The van der Waals surface area contributed by atoms with Gasteiger partial charge in [0.2, 0.25) is 0 Å². The van der Waals surface area contributed by atoms with Crippen LogP contribution in [-0.4, -0.2) is 17.0 Å². The van der Waals surface area contributed by atoms with Gasteiger partial charge in [0, 0.05) is 12.3 Å². The first kappa shape index (κ1) is 18.6. The van der Waals surface area contributed by atoms with Crippen LogP contribution in [0.1, 0.15) is 91.4 Å². The molecule has 0 heterocycles. The van der Waals surface area contributed by atoms with E-state index >= 15 is 0 Å². The maximum atomic E-state index is 11.5. The predicted octanol–water partition coefficient (Wildman–Crippen LogP) is 4.88. The molecule has 0 rings (SSSR count). The van der Waals surface area contributed by atoms with Crippen LogP contribution in [0.3, 0.4) is 0 Å². The van der Waals surface area contributed by atoms with Crippen LogP contribution in [0.5, 0.6) is 0 Å². The third-order valence-corrected chi connectivity index (χ3v) is 3.72. The molecule has 0 spiro atoms. The van der Waals surface area contributed by atoms with Crippen LogP contribution in [-0.2, 0) is 4.79 Å². The molecule has 0 aromatic carbocycles. The summed E-state index contributed by atoms with van der Waals surface area (Å²) in [6.07, 6.45) is 12.4. The lowest BCUT2D eigenvalue weighted by Crippen LogP contribution is -2.17. The zero-order chi connectivity index (χ0) is 14.5. The fourth-order valence-corrected chi connectivity index (χ4v) is 2.26. The first-order chi connectivity index (χ1) is 9.07. The predicted molar refractivity (Wildman–Crippen MR) is 82.3 cm³/mol. The van der Waals surface area contributed by atoms with Crippen molar-refractivity contribution in [1.82, 2.24) is 0 Å². The number of ketones is 1. The smallest absolute Gasteiger partial charge is 0.137 e. The quantitative estimate of drug-likeness (QED) is 0.484. The lowest BCUT2D eigenvalue weighted by atomic mass is 9.99. The molecule has 19 heavy (non-hydrogen) atoms. The topological polar surface area (TPSA) is 37.3 Å². The van der Waals surface area contributed by atoms with Crippen molar-refractivity contribution in [1.29, 1.82) is 0 Å². The van der Waals surface area contributed by atoms with Crippen molar-refractivity contribution < 1.29 is 9.90 Å². The molecule has 0 aromatic rings. The molecule has 0 fully saturated rings. The molecule has 0 saturated heterocycles. The van der Waals surface area contributed by atoms with Crippen LogP contribution < -0.4 is 0 Å². The molecule has 0 radical (unpaired) electrons. The van der Waals surface area contributed by atoms with E-state index in [2.05, 4.69) is 6.92 Å². The van der Waals surface area contributed by atoms with Gasteiger partial charge in [-0.3, -0.25) is 4.79 Å². The van der Waals surface area contributed by atoms with E-state index in [0.29, 0.717) is 6.42 Å². The summed E-state index contributed by atoms with van der Waals surface area (Å²) in [5.74, 6) is 0.237. The Labute approximate surface area is 120 Å². The lowest BCUT2D eigenvalue weighted by Gasteiger charge is -2.11.